The number of methoxy groups -OCH3 is 2. The van der Waals surface area contributed by atoms with Gasteiger partial charge < -0.3 is 0 Å². The zero-order valence-corrected chi connectivity index (χ0v) is 37.4. The number of rotatable bonds is 8. The van der Waals surface area contributed by atoms with Gasteiger partial charge in [-0.25, -0.2) is 0 Å². The molecule has 0 fully saturated rings. The van der Waals surface area contributed by atoms with Crippen molar-refractivity contribution >= 4 is 0 Å². The van der Waals surface area contributed by atoms with Crippen LogP contribution in [0.15, 0.2) is 72.8 Å². The van der Waals surface area contributed by atoms with E-state index in [1.807, 2.05) is 14.2 Å². The molecule has 0 radical (unpaired) electrons. The van der Waals surface area contributed by atoms with Gasteiger partial charge in [-0.3, -0.25) is 0 Å². The molecule has 0 amide bonds. The fraction of sp³-hybridized carbons (Fsp3) is 0.520. The van der Waals surface area contributed by atoms with Crippen molar-refractivity contribution in [3.63, 3.8) is 0 Å². The molecule has 0 aliphatic heterocycles. The van der Waals surface area contributed by atoms with Crippen LogP contribution in [0.5, 0.6) is 11.5 Å². The Morgan fingerprint density at radius 2 is 0.868 bits per heavy atom. The Kier molecular flexibility index (Phi) is 11.1. The van der Waals surface area contributed by atoms with Crippen molar-refractivity contribution < 1.29 is 30.7 Å². The van der Waals surface area contributed by atoms with E-state index in [1.54, 1.807) is 22.3 Å². The second-order valence-electron chi connectivity index (χ2n) is 20.4. The first-order valence-corrected chi connectivity index (χ1v) is 22.4. The number of ether oxygens (including phenoxy) is 2. The third-order valence-electron chi connectivity index (χ3n) is 11.4. The van der Waals surface area contributed by atoms with Crippen LogP contribution in [0.1, 0.15) is 137 Å². The van der Waals surface area contributed by atoms with Crippen molar-refractivity contribution in [3.05, 3.63) is 106 Å². The summed E-state index contributed by atoms with van der Waals surface area (Å²) in [7, 11) is 3.76. The average molecular weight is 826 g/mol. The zero-order chi connectivity index (χ0) is 38.7. The van der Waals surface area contributed by atoms with E-state index in [0.717, 1.165) is 24.3 Å². The summed E-state index contributed by atoms with van der Waals surface area (Å²) in [6.45, 7) is 28.8. The van der Waals surface area contributed by atoms with Crippen molar-refractivity contribution in [1.29, 1.82) is 0 Å². The van der Waals surface area contributed by atoms with Crippen molar-refractivity contribution in [1.82, 2.24) is 0 Å². The number of fused-ring (bicyclic) bond motifs is 2. The van der Waals surface area contributed by atoms with Gasteiger partial charge in [-0.2, -0.15) is 0 Å². The van der Waals surface area contributed by atoms with E-state index in [-0.39, 0.29) is 42.9 Å². The van der Waals surface area contributed by atoms with Crippen LogP contribution in [0.25, 0.3) is 22.3 Å². The van der Waals surface area contributed by atoms with Crippen LogP contribution in [0.2, 0.25) is 0 Å². The molecule has 3 heteroatoms. The Morgan fingerprint density at radius 3 is 1.15 bits per heavy atom. The van der Waals surface area contributed by atoms with Crippen molar-refractivity contribution in [3.8, 4) is 33.8 Å². The summed E-state index contributed by atoms with van der Waals surface area (Å²) < 4.78 is 14.0. The Morgan fingerprint density at radius 1 is 0.528 bits per heavy atom. The van der Waals surface area contributed by atoms with E-state index in [1.165, 1.54) is 46.2 Å². The van der Waals surface area contributed by atoms with Crippen LogP contribution in [0, 0.1) is 22.7 Å². The van der Waals surface area contributed by atoms with E-state index in [9.17, 15) is 0 Å². The summed E-state index contributed by atoms with van der Waals surface area (Å²) in [6.07, 6.45) is 4.69. The predicted molar refractivity (Wildman–Crippen MR) is 222 cm³/mol. The molecule has 0 spiro atoms. The summed E-state index contributed by atoms with van der Waals surface area (Å²) >= 11 is -0.325. The quantitative estimate of drug-likeness (QED) is 0.130. The van der Waals surface area contributed by atoms with E-state index in [0.29, 0.717) is 19.7 Å². The minimum absolute atomic E-state index is 0.0492. The molecule has 286 valence electrons. The van der Waals surface area contributed by atoms with Gasteiger partial charge >= 0.3 is 335 Å². The molecule has 4 aromatic carbocycles. The van der Waals surface area contributed by atoms with Gasteiger partial charge in [-0.05, 0) is 0 Å². The maximum atomic E-state index is 6.43. The Hall–Kier alpha value is -2.79. The van der Waals surface area contributed by atoms with Gasteiger partial charge in [0.15, 0.2) is 0 Å². The van der Waals surface area contributed by atoms with Crippen molar-refractivity contribution in [2.75, 3.05) is 14.2 Å². The van der Waals surface area contributed by atoms with E-state index in [4.69, 9.17) is 9.47 Å². The summed E-state index contributed by atoms with van der Waals surface area (Å²) in [5.74, 6) is 3.35. The number of hydrogen-bond acceptors (Lipinski definition) is 2. The SMILES string of the molecule is COc1c(C(C)(C)C)cc2c(c1-c1ccccc1)CC(CC(C)(C)C)C2[I-]C1c2cc(C(C)(C)C)c(OC)c(-c3ccccc3)c2CC1CC(C)(C)C. The molecule has 53 heavy (non-hydrogen) atoms. The van der Waals surface area contributed by atoms with Crippen LogP contribution >= 0.6 is 0 Å². The predicted octanol–water partition coefficient (Wildman–Crippen LogP) is 10.7. The van der Waals surface area contributed by atoms with Gasteiger partial charge in [0, 0.05) is 0 Å². The van der Waals surface area contributed by atoms with Crippen molar-refractivity contribution in [2.45, 2.75) is 127 Å². The molecule has 2 aliphatic rings. The maximum absolute atomic E-state index is 6.43. The summed E-state index contributed by atoms with van der Waals surface area (Å²) in [4.78, 5) is 0. The molecular formula is C50H66IO2-. The Labute approximate surface area is 333 Å². The van der Waals surface area contributed by atoms with Crippen LogP contribution in [0.3, 0.4) is 0 Å². The van der Waals surface area contributed by atoms with Gasteiger partial charge in [-0.1, -0.05) is 0 Å². The molecule has 2 aliphatic carbocycles. The summed E-state index contributed by atoms with van der Waals surface area (Å²) in [6, 6.07) is 27.5. The van der Waals surface area contributed by atoms with E-state index >= 15 is 0 Å². The average Bonchev–Trinajstić information content (AvgIpc) is 3.57. The standard InChI is InChI=1S/C50H66IO2/c1-47(2,3)29-33-25-35-37(27-39(49(7,8)9)45(52-13)41(35)31-21-17-15-18-22-31)43(33)51-44-34(30-48(4,5)6)26-36-38(44)28-40(50(10,11)12)46(53-14)42(36)32-23-19-16-20-24-32/h15-24,27-28,33-34,43-44H,25-26,29-30H2,1-14H3/q-1. The molecular weight excluding hydrogens is 759 g/mol. The third-order valence-corrected chi connectivity index (χ3v) is 16.3. The van der Waals surface area contributed by atoms with Crippen molar-refractivity contribution in [2.24, 2.45) is 22.7 Å². The molecule has 0 bridgehead atoms. The minimum atomic E-state index is -0.325. The van der Waals surface area contributed by atoms with Crippen LogP contribution in [-0.4, -0.2) is 14.2 Å². The molecule has 4 atom stereocenters. The Balaban J connectivity index is 1.62. The third kappa shape index (κ3) is 8.26. The molecule has 0 saturated carbocycles. The molecule has 0 saturated heterocycles. The molecule has 0 aromatic heterocycles. The second kappa shape index (κ2) is 14.7. The van der Waals surface area contributed by atoms with Crippen LogP contribution in [0.4, 0.5) is 0 Å². The zero-order valence-electron chi connectivity index (χ0n) is 35.3. The van der Waals surface area contributed by atoms with Gasteiger partial charge in [0.25, 0.3) is 0 Å². The normalized spacial score (nSPS) is 20.4. The van der Waals surface area contributed by atoms with Gasteiger partial charge in [0.1, 0.15) is 0 Å². The molecule has 2 nitrogen and oxygen atoms in total. The number of alkyl halides is 2. The first kappa shape index (κ1) is 39.9. The van der Waals surface area contributed by atoms with Gasteiger partial charge in [0.2, 0.25) is 0 Å². The second-order valence-corrected chi connectivity index (χ2v) is 23.8. The molecule has 4 unspecified atom stereocenters. The van der Waals surface area contributed by atoms with Gasteiger partial charge in [-0.15, -0.1) is 0 Å². The van der Waals surface area contributed by atoms with E-state index < -0.39 is 0 Å². The van der Waals surface area contributed by atoms with Crippen LogP contribution < -0.4 is 30.7 Å². The first-order valence-electron chi connectivity index (χ1n) is 19.9. The number of hydrogen-bond donors (Lipinski definition) is 0. The fourth-order valence-electron chi connectivity index (χ4n) is 9.39. The monoisotopic (exact) mass is 825 g/mol. The summed E-state index contributed by atoms with van der Waals surface area (Å²) in [5, 5.41) is 0. The molecule has 6 rings (SSSR count). The van der Waals surface area contributed by atoms with Crippen LogP contribution in [-0.2, 0) is 23.7 Å². The van der Waals surface area contributed by atoms with Gasteiger partial charge in [0.05, 0.1) is 0 Å². The summed E-state index contributed by atoms with van der Waals surface area (Å²) in [5.41, 5.74) is 14.6. The molecule has 0 N–H and O–H groups in total. The number of halogens is 1. The topological polar surface area (TPSA) is 18.5 Å². The fourth-order valence-corrected chi connectivity index (χ4v) is 14.3. The first-order chi connectivity index (χ1) is 24.7. The number of benzene rings is 4. The van der Waals surface area contributed by atoms with E-state index in [2.05, 4.69) is 156 Å². The molecule has 0 heterocycles. The Bertz CT molecular complexity index is 1770. The molecule has 4 aromatic rings.